The number of hydrogen-bond donors (Lipinski definition) is 0. The Morgan fingerprint density at radius 3 is 2.33 bits per heavy atom. The fourth-order valence-corrected chi connectivity index (χ4v) is 1.60. The molecule has 0 fully saturated rings. The number of carbonyl (C=O) groups is 2. The zero-order valence-corrected chi connectivity index (χ0v) is 9.41. The summed E-state index contributed by atoms with van der Waals surface area (Å²) in [6.07, 6.45) is 0.411. The third-order valence-electron chi connectivity index (χ3n) is 2.57. The van der Waals surface area contributed by atoms with Crippen molar-refractivity contribution in [3.63, 3.8) is 0 Å². The number of carbonyl (C=O) groups excluding carboxylic acids is 2. The van der Waals surface area contributed by atoms with Crippen LogP contribution in [0.2, 0.25) is 0 Å². The minimum absolute atomic E-state index is 0.123. The van der Waals surface area contributed by atoms with Crippen LogP contribution in [-0.2, 0) is 16.0 Å². The van der Waals surface area contributed by atoms with E-state index in [-0.39, 0.29) is 17.5 Å². The summed E-state index contributed by atoms with van der Waals surface area (Å²) >= 11 is 0. The second kappa shape index (κ2) is 4.87. The van der Waals surface area contributed by atoms with E-state index in [0.29, 0.717) is 6.42 Å². The van der Waals surface area contributed by atoms with Crippen molar-refractivity contribution in [2.75, 3.05) is 0 Å². The van der Waals surface area contributed by atoms with Gasteiger partial charge in [-0.3, -0.25) is 9.59 Å². The normalized spacial score (nSPS) is 12.2. The summed E-state index contributed by atoms with van der Waals surface area (Å²) in [5, 5.41) is 0. The molecule has 0 saturated heterocycles. The van der Waals surface area contributed by atoms with Crippen LogP contribution in [0, 0.1) is 0 Å². The highest BCUT2D eigenvalue weighted by atomic mass is 16.1. The van der Waals surface area contributed by atoms with Gasteiger partial charge in [0.15, 0.2) is 0 Å². The average Bonchev–Trinajstić information content (AvgIpc) is 2.16. The van der Waals surface area contributed by atoms with Gasteiger partial charge < -0.3 is 0 Å². The van der Waals surface area contributed by atoms with Crippen LogP contribution in [-0.4, -0.2) is 11.6 Å². The van der Waals surface area contributed by atoms with Crippen LogP contribution in [0.1, 0.15) is 37.8 Å². The minimum atomic E-state index is -0.124. The van der Waals surface area contributed by atoms with E-state index in [9.17, 15) is 9.59 Å². The Kier molecular flexibility index (Phi) is 3.78. The fourth-order valence-electron chi connectivity index (χ4n) is 1.60. The van der Waals surface area contributed by atoms with Crippen molar-refractivity contribution in [2.45, 2.75) is 33.1 Å². The molecule has 1 atom stereocenters. The Morgan fingerprint density at radius 1 is 1.20 bits per heavy atom. The van der Waals surface area contributed by atoms with Crippen molar-refractivity contribution in [3.8, 4) is 0 Å². The van der Waals surface area contributed by atoms with Crippen LogP contribution < -0.4 is 0 Å². The first-order valence-electron chi connectivity index (χ1n) is 5.10. The molecule has 15 heavy (non-hydrogen) atoms. The molecule has 2 heteroatoms. The summed E-state index contributed by atoms with van der Waals surface area (Å²) in [6, 6.07) is 7.63. The highest BCUT2D eigenvalue weighted by Gasteiger charge is 2.14. The third-order valence-corrected chi connectivity index (χ3v) is 2.57. The van der Waals surface area contributed by atoms with Crippen LogP contribution in [0.15, 0.2) is 24.3 Å². The number of ketones is 2. The van der Waals surface area contributed by atoms with Gasteiger partial charge >= 0.3 is 0 Å². The molecule has 0 spiro atoms. The number of rotatable bonds is 4. The number of Topliss-reactive ketones (excluding diaryl/α,β-unsaturated/α-hetero) is 2. The lowest BCUT2D eigenvalue weighted by Gasteiger charge is -2.12. The Hall–Kier alpha value is -1.44. The first kappa shape index (κ1) is 11.6. The van der Waals surface area contributed by atoms with E-state index in [2.05, 4.69) is 0 Å². The maximum absolute atomic E-state index is 11.3. The van der Waals surface area contributed by atoms with E-state index < -0.39 is 0 Å². The summed E-state index contributed by atoms with van der Waals surface area (Å²) in [4.78, 5) is 22.4. The van der Waals surface area contributed by atoms with Crippen molar-refractivity contribution in [1.29, 1.82) is 0 Å². The lowest BCUT2D eigenvalue weighted by atomic mass is 9.91. The minimum Gasteiger partial charge on any atom is -0.300 e. The molecular weight excluding hydrogens is 188 g/mol. The summed E-state index contributed by atoms with van der Waals surface area (Å²) in [7, 11) is 0. The van der Waals surface area contributed by atoms with Gasteiger partial charge in [0.1, 0.15) is 11.6 Å². The van der Waals surface area contributed by atoms with E-state index in [0.717, 1.165) is 11.1 Å². The molecule has 2 nitrogen and oxygen atoms in total. The van der Waals surface area contributed by atoms with Crippen LogP contribution >= 0.6 is 0 Å². The van der Waals surface area contributed by atoms with Crippen LogP contribution in [0.25, 0.3) is 0 Å². The zero-order chi connectivity index (χ0) is 11.4. The molecule has 0 radical (unpaired) electrons. The first-order valence-corrected chi connectivity index (χ1v) is 5.10. The first-order chi connectivity index (χ1) is 7.02. The van der Waals surface area contributed by atoms with E-state index in [1.54, 1.807) is 13.8 Å². The van der Waals surface area contributed by atoms with Crippen molar-refractivity contribution < 1.29 is 9.59 Å². The summed E-state index contributed by atoms with van der Waals surface area (Å²) in [6.45, 7) is 5.02. The summed E-state index contributed by atoms with van der Waals surface area (Å²) < 4.78 is 0. The number of benzene rings is 1. The predicted molar refractivity (Wildman–Crippen MR) is 59.9 cm³/mol. The molecule has 0 saturated carbocycles. The summed E-state index contributed by atoms with van der Waals surface area (Å²) in [5.41, 5.74) is 1.94. The molecule has 1 rings (SSSR count). The molecule has 80 valence electrons. The monoisotopic (exact) mass is 204 g/mol. The Morgan fingerprint density at radius 2 is 1.80 bits per heavy atom. The van der Waals surface area contributed by atoms with E-state index >= 15 is 0 Å². The molecule has 1 aromatic carbocycles. The van der Waals surface area contributed by atoms with Crippen molar-refractivity contribution in [3.05, 3.63) is 35.4 Å². The highest BCUT2D eigenvalue weighted by molar-refractivity contribution is 5.84. The molecule has 0 aliphatic heterocycles. The van der Waals surface area contributed by atoms with E-state index in [1.807, 2.05) is 31.2 Å². The zero-order valence-electron chi connectivity index (χ0n) is 9.41. The van der Waals surface area contributed by atoms with Gasteiger partial charge in [0.05, 0.1) is 0 Å². The Labute approximate surface area is 90.3 Å². The third kappa shape index (κ3) is 3.01. The topological polar surface area (TPSA) is 34.1 Å². The molecule has 0 heterocycles. The van der Waals surface area contributed by atoms with Crippen LogP contribution in [0.5, 0.6) is 0 Å². The smallest absolute Gasteiger partial charge is 0.136 e. The SMILES string of the molecule is CC(=O)Cc1ccccc1C(C)C(C)=O. The van der Waals surface area contributed by atoms with Gasteiger partial charge in [0.2, 0.25) is 0 Å². The lowest BCUT2D eigenvalue weighted by Crippen LogP contribution is -2.09. The van der Waals surface area contributed by atoms with Crippen LogP contribution in [0.3, 0.4) is 0 Å². The standard InChI is InChI=1S/C13H16O2/c1-9(14)8-12-6-4-5-7-13(12)10(2)11(3)15/h4-7,10H,8H2,1-3H3. The maximum atomic E-state index is 11.3. The molecule has 0 aliphatic rings. The predicted octanol–water partition coefficient (Wildman–Crippen LogP) is 2.51. The lowest BCUT2D eigenvalue weighted by molar-refractivity contribution is -0.118. The largest absolute Gasteiger partial charge is 0.300 e. The molecule has 1 aromatic rings. The van der Waals surface area contributed by atoms with Crippen molar-refractivity contribution in [1.82, 2.24) is 0 Å². The molecule has 0 aromatic heterocycles. The Bertz CT molecular complexity index is 380. The average molecular weight is 204 g/mol. The highest BCUT2D eigenvalue weighted by Crippen LogP contribution is 2.21. The molecule has 1 unspecified atom stereocenters. The van der Waals surface area contributed by atoms with Gasteiger partial charge in [-0.1, -0.05) is 31.2 Å². The molecule has 0 N–H and O–H groups in total. The molecule has 0 aliphatic carbocycles. The Balaban J connectivity index is 3.05. The van der Waals surface area contributed by atoms with Gasteiger partial charge in [0, 0.05) is 12.3 Å². The van der Waals surface area contributed by atoms with E-state index in [1.165, 1.54) is 0 Å². The van der Waals surface area contributed by atoms with Crippen molar-refractivity contribution >= 4 is 11.6 Å². The molecule has 0 bridgehead atoms. The fraction of sp³-hybridized carbons (Fsp3) is 0.385. The van der Waals surface area contributed by atoms with Gasteiger partial charge in [-0.05, 0) is 25.0 Å². The molecule has 0 amide bonds. The van der Waals surface area contributed by atoms with Gasteiger partial charge in [-0.2, -0.15) is 0 Å². The van der Waals surface area contributed by atoms with Gasteiger partial charge in [0.25, 0.3) is 0 Å². The number of hydrogen-bond acceptors (Lipinski definition) is 2. The second-order valence-corrected chi connectivity index (χ2v) is 3.91. The maximum Gasteiger partial charge on any atom is 0.136 e. The summed E-state index contributed by atoms with van der Waals surface area (Å²) in [5.74, 6) is 0.129. The second-order valence-electron chi connectivity index (χ2n) is 3.91. The molecular formula is C13H16O2. The van der Waals surface area contributed by atoms with Crippen molar-refractivity contribution in [2.24, 2.45) is 0 Å². The quantitative estimate of drug-likeness (QED) is 0.755. The van der Waals surface area contributed by atoms with Gasteiger partial charge in [-0.15, -0.1) is 0 Å². The van der Waals surface area contributed by atoms with E-state index in [4.69, 9.17) is 0 Å². The van der Waals surface area contributed by atoms with Crippen LogP contribution in [0.4, 0.5) is 0 Å². The van der Waals surface area contributed by atoms with Gasteiger partial charge in [-0.25, -0.2) is 0 Å².